The van der Waals surface area contributed by atoms with Gasteiger partial charge in [-0.1, -0.05) is 20.8 Å². The SMILES string of the molecule is Cc1cnn(C2CC3CCC(C2)N3C(=O)C(C)(C)C)c1. The summed E-state index contributed by atoms with van der Waals surface area (Å²) < 4.78 is 2.11. The Balaban J connectivity index is 1.78. The van der Waals surface area contributed by atoms with E-state index in [1.807, 2.05) is 27.0 Å². The van der Waals surface area contributed by atoms with Gasteiger partial charge in [-0.05, 0) is 38.2 Å². The largest absolute Gasteiger partial charge is 0.336 e. The van der Waals surface area contributed by atoms with Crippen molar-refractivity contribution in [1.82, 2.24) is 14.7 Å². The second kappa shape index (κ2) is 4.61. The highest BCUT2D eigenvalue weighted by Crippen LogP contribution is 2.42. The van der Waals surface area contributed by atoms with Crippen LogP contribution in [0, 0.1) is 12.3 Å². The summed E-state index contributed by atoms with van der Waals surface area (Å²) in [6.07, 6.45) is 8.48. The molecule has 2 aliphatic rings. The molecule has 1 aromatic rings. The van der Waals surface area contributed by atoms with Crippen LogP contribution in [-0.4, -0.2) is 32.7 Å². The van der Waals surface area contributed by atoms with E-state index >= 15 is 0 Å². The van der Waals surface area contributed by atoms with E-state index in [-0.39, 0.29) is 5.41 Å². The fourth-order valence-corrected chi connectivity index (χ4v) is 3.72. The van der Waals surface area contributed by atoms with Crippen molar-refractivity contribution >= 4 is 5.91 Å². The Morgan fingerprint density at radius 3 is 2.25 bits per heavy atom. The van der Waals surface area contributed by atoms with Crippen molar-refractivity contribution in [3.63, 3.8) is 0 Å². The maximum atomic E-state index is 12.6. The highest BCUT2D eigenvalue weighted by atomic mass is 16.2. The smallest absolute Gasteiger partial charge is 0.228 e. The molecule has 110 valence electrons. The maximum Gasteiger partial charge on any atom is 0.228 e. The summed E-state index contributed by atoms with van der Waals surface area (Å²) in [6.45, 7) is 8.16. The van der Waals surface area contributed by atoms with Gasteiger partial charge >= 0.3 is 0 Å². The van der Waals surface area contributed by atoms with Crippen LogP contribution in [0.4, 0.5) is 0 Å². The van der Waals surface area contributed by atoms with Gasteiger partial charge in [0.15, 0.2) is 0 Å². The molecule has 2 saturated heterocycles. The molecule has 0 N–H and O–H groups in total. The first kappa shape index (κ1) is 13.7. The summed E-state index contributed by atoms with van der Waals surface area (Å²) in [7, 11) is 0. The Bertz CT molecular complexity index is 500. The zero-order valence-corrected chi connectivity index (χ0v) is 13.0. The second-order valence-corrected chi connectivity index (χ2v) is 7.47. The van der Waals surface area contributed by atoms with E-state index in [1.165, 1.54) is 5.56 Å². The van der Waals surface area contributed by atoms with Gasteiger partial charge in [-0.15, -0.1) is 0 Å². The van der Waals surface area contributed by atoms with Gasteiger partial charge in [0.2, 0.25) is 5.91 Å². The molecule has 0 aliphatic carbocycles. The van der Waals surface area contributed by atoms with Gasteiger partial charge in [0.05, 0.1) is 12.2 Å². The monoisotopic (exact) mass is 275 g/mol. The Morgan fingerprint density at radius 1 is 1.20 bits per heavy atom. The summed E-state index contributed by atoms with van der Waals surface area (Å²) >= 11 is 0. The van der Waals surface area contributed by atoms with E-state index in [2.05, 4.69) is 27.8 Å². The van der Waals surface area contributed by atoms with Crippen molar-refractivity contribution in [2.45, 2.75) is 71.5 Å². The number of aryl methyl sites for hydroxylation is 1. The minimum absolute atomic E-state index is 0.268. The maximum absolute atomic E-state index is 12.6. The highest BCUT2D eigenvalue weighted by Gasteiger charge is 2.46. The molecular weight excluding hydrogens is 250 g/mol. The molecule has 3 heterocycles. The molecular formula is C16H25N3O. The predicted octanol–water partition coefficient (Wildman–Crippen LogP) is 2.93. The molecule has 2 fully saturated rings. The molecule has 2 atom stereocenters. The number of carbonyl (C=O) groups excluding carboxylic acids is 1. The molecule has 2 unspecified atom stereocenters. The lowest BCUT2D eigenvalue weighted by molar-refractivity contribution is -0.144. The van der Waals surface area contributed by atoms with Crippen LogP contribution in [0.2, 0.25) is 0 Å². The lowest BCUT2D eigenvalue weighted by atomic mass is 9.90. The van der Waals surface area contributed by atoms with Crippen molar-refractivity contribution in [2.75, 3.05) is 0 Å². The average molecular weight is 275 g/mol. The minimum atomic E-state index is -0.268. The van der Waals surface area contributed by atoms with E-state index < -0.39 is 0 Å². The number of aromatic nitrogens is 2. The van der Waals surface area contributed by atoms with Crippen molar-refractivity contribution in [1.29, 1.82) is 0 Å². The molecule has 0 aromatic carbocycles. The molecule has 0 radical (unpaired) electrons. The summed E-state index contributed by atoms with van der Waals surface area (Å²) in [5.74, 6) is 0.320. The standard InChI is InChI=1S/C16H25N3O/c1-11-9-17-18(10-11)14-7-12-5-6-13(8-14)19(12)15(20)16(2,3)4/h9-10,12-14H,5-8H2,1-4H3. The minimum Gasteiger partial charge on any atom is -0.336 e. The highest BCUT2D eigenvalue weighted by molar-refractivity contribution is 5.82. The third-order valence-electron chi connectivity index (χ3n) is 4.69. The van der Waals surface area contributed by atoms with Gasteiger partial charge < -0.3 is 4.90 Å². The van der Waals surface area contributed by atoms with Crippen LogP contribution in [-0.2, 0) is 4.79 Å². The number of hydrogen-bond donors (Lipinski definition) is 0. The molecule has 1 amide bonds. The van der Waals surface area contributed by atoms with Crippen LogP contribution in [0.3, 0.4) is 0 Å². The number of piperidine rings is 1. The molecule has 4 nitrogen and oxygen atoms in total. The number of rotatable bonds is 1. The average Bonchev–Trinajstić information content (AvgIpc) is 2.89. The van der Waals surface area contributed by atoms with Crippen LogP contribution >= 0.6 is 0 Å². The fourth-order valence-electron chi connectivity index (χ4n) is 3.72. The first-order chi connectivity index (χ1) is 9.36. The molecule has 4 heteroatoms. The van der Waals surface area contributed by atoms with Gasteiger partial charge in [-0.2, -0.15) is 5.10 Å². The van der Waals surface area contributed by atoms with E-state index in [0.717, 1.165) is 25.7 Å². The van der Waals surface area contributed by atoms with Crippen LogP contribution in [0.5, 0.6) is 0 Å². The summed E-state index contributed by atoms with van der Waals surface area (Å²) in [4.78, 5) is 14.8. The normalized spacial score (nSPS) is 29.8. The molecule has 2 bridgehead atoms. The third kappa shape index (κ3) is 2.25. The molecule has 1 aromatic heterocycles. The van der Waals surface area contributed by atoms with Gasteiger partial charge in [0.25, 0.3) is 0 Å². The van der Waals surface area contributed by atoms with E-state index in [9.17, 15) is 4.79 Å². The summed E-state index contributed by atoms with van der Waals surface area (Å²) in [5.41, 5.74) is 0.946. The lowest BCUT2D eigenvalue weighted by Gasteiger charge is -2.41. The van der Waals surface area contributed by atoms with Crippen molar-refractivity contribution in [3.05, 3.63) is 18.0 Å². The Hall–Kier alpha value is -1.32. The number of amides is 1. The molecule has 0 spiro atoms. The van der Waals surface area contributed by atoms with Crippen LogP contribution in [0.25, 0.3) is 0 Å². The molecule has 20 heavy (non-hydrogen) atoms. The van der Waals surface area contributed by atoms with Crippen LogP contribution in [0.15, 0.2) is 12.4 Å². The predicted molar refractivity (Wildman–Crippen MR) is 78.3 cm³/mol. The fraction of sp³-hybridized carbons (Fsp3) is 0.750. The van der Waals surface area contributed by atoms with E-state index in [0.29, 0.717) is 24.0 Å². The van der Waals surface area contributed by atoms with Gasteiger partial charge in [0.1, 0.15) is 0 Å². The second-order valence-electron chi connectivity index (χ2n) is 7.47. The quantitative estimate of drug-likeness (QED) is 0.790. The lowest BCUT2D eigenvalue weighted by Crippen LogP contribution is -2.50. The molecule has 0 saturated carbocycles. The zero-order valence-electron chi connectivity index (χ0n) is 13.0. The topological polar surface area (TPSA) is 38.1 Å². The van der Waals surface area contributed by atoms with E-state index in [1.54, 1.807) is 0 Å². The number of nitrogens with zero attached hydrogens (tertiary/aromatic N) is 3. The Kier molecular flexibility index (Phi) is 3.14. The molecule has 3 rings (SSSR count). The number of carbonyl (C=O) groups is 1. The zero-order chi connectivity index (χ0) is 14.5. The van der Waals surface area contributed by atoms with E-state index in [4.69, 9.17) is 0 Å². The molecule has 2 aliphatic heterocycles. The van der Waals surface area contributed by atoms with Crippen molar-refractivity contribution in [3.8, 4) is 0 Å². The first-order valence-corrected chi connectivity index (χ1v) is 7.70. The van der Waals surface area contributed by atoms with Gasteiger partial charge in [-0.3, -0.25) is 9.48 Å². The number of fused-ring (bicyclic) bond motifs is 2. The summed E-state index contributed by atoms with van der Waals surface area (Å²) in [5, 5.41) is 4.47. The third-order valence-corrected chi connectivity index (χ3v) is 4.69. The van der Waals surface area contributed by atoms with Crippen LogP contribution in [0.1, 0.15) is 58.1 Å². The number of hydrogen-bond acceptors (Lipinski definition) is 2. The van der Waals surface area contributed by atoms with Crippen LogP contribution < -0.4 is 0 Å². The van der Waals surface area contributed by atoms with Crippen molar-refractivity contribution in [2.24, 2.45) is 5.41 Å². The summed E-state index contributed by atoms with van der Waals surface area (Å²) in [6, 6.07) is 1.29. The first-order valence-electron chi connectivity index (χ1n) is 7.70. The van der Waals surface area contributed by atoms with Crippen molar-refractivity contribution < 1.29 is 4.79 Å². The van der Waals surface area contributed by atoms with Gasteiger partial charge in [-0.25, -0.2) is 0 Å². The Morgan fingerprint density at radius 2 is 1.80 bits per heavy atom. The van der Waals surface area contributed by atoms with Gasteiger partial charge in [0, 0.05) is 23.7 Å². The Labute approximate surface area is 121 Å².